The molecule has 2 N–H and O–H groups in total. The fourth-order valence-electron chi connectivity index (χ4n) is 2.23. The highest BCUT2D eigenvalue weighted by atomic mass is 32.1. The van der Waals surface area contributed by atoms with E-state index in [-0.39, 0.29) is 11.8 Å². The summed E-state index contributed by atoms with van der Waals surface area (Å²) >= 11 is 4.80. The molecule has 0 bridgehead atoms. The quantitative estimate of drug-likeness (QED) is 0.747. The Labute approximate surface area is 126 Å². The second kappa shape index (κ2) is 8.19. The molecular weight excluding hydrogens is 274 g/mol. The average Bonchev–Trinajstić information content (AvgIpc) is 2.56. The number of carbonyl (C=O) groups is 2. The first-order valence-corrected chi connectivity index (χ1v) is 7.61. The summed E-state index contributed by atoms with van der Waals surface area (Å²) in [6, 6.07) is 0. The Hall–Kier alpha value is -1.17. The van der Waals surface area contributed by atoms with Gasteiger partial charge in [0.15, 0.2) is 0 Å². The number of nitrogens with zero attached hydrogens (tertiary/aromatic N) is 2. The van der Waals surface area contributed by atoms with Crippen LogP contribution in [0.25, 0.3) is 0 Å². The van der Waals surface area contributed by atoms with E-state index in [1.165, 1.54) is 0 Å². The van der Waals surface area contributed by atoms with E-state index >= 15 is 0 Å². The molecule has 1 heterocycles. The van der Waals surface area contributed by atoms with Crippen LogP contribution < -0.4 is 5.73 Å². The number of hydrogen-bond acceptors (Lipinski definition) is 3. The molecule has 0 saturated carbocycles. The summed E-state index contributed by atoms with van der Waals surface area (Å²) in [7, 11) is 1.74. The van der Waals surface area contributed by atoms with Crippen molar-refractivity contribution in [1.29, 1.82) is 0 Å². The Morgan fingerprint density at radius 1 is 1.45 bits per heavy atom. The van der Waals surface area contributed by atoms with Crippen molar-refractivity contribution >= 4 is 29.0 Å². The molecule has 1 saturated heterocycles. The molecule has 1 fully saturated rings. The van der Waals surface area contributed by atoms with Gasteiger partial charge < -0.3 is 15.5 Å². The summed E-state index contributed by atoms with van der Waals surface area (Å²) in [5, 5.41) is 0. The summed E-state index contributed by atoms with van der Waals surface area (Å²) in [5.41, 5.74) is 5.42. The van der Waals surface area contributed by atoms with Crippen LogP contribution in [0.2, 0.25) is 0 Å². The van der Waals surface area contributed by atoms with Crippen LogP contribution in [0.5, 0.6) is 0 Å². The Bertz CT molecular complexity index is 373. The molecule has 114 valence electrons. The molecule has 20 heavy (non-hydrogen) atoms. The second-order valence-corrected chi connectivity index (χ2v) is 6.12. The minimum atomic E-state index is 0.0337. The van der Waals surface area contributed by atoms with Crippen molar-refractivity contribution in [2.75, 3.05) is 26.7 Å². The molecule has 0 aromatic heterocycles. The maximum Gasteiger partial charge on any atom is 0.224 e. The normalized spacial score (nSPS) is 19.6. The van der Waals surface area contributed by atoms with Crippen LogP contribution in [-0.4, -0.2) is 53.3 Å². The fourth-order valence-corrected chi connectivity index (χ4v) is 2.33. The lowest BCUT2D eigenvalue weighted by Crippen LogP contribution is -2.36. The maximum atomic E-state index is 12.0. The zero-order valence-electron chi connectivity index (χ0n) is 12.4. The molecule has 1 rings (SSSR count). The van der Waals surface area contributed by atoms with Gasteiger partial charge in [0.2, 0.25) is 11.8 Å². The first kappa shape index (κ1) is 16.9. The number of nitrogens with two attached hydrogens (primary N) is 1. The van der Waals surface area contributed by atoms with E-state index < -0.39 is 0 Å². The van der Waals surface area contributed by atoms with E-state index in [4.69, 9.17) is 18.0 Å². The molecule has 2 amide bonds. The van der Waals surface area contributed by atoms with Crippen LogP contribution in [0.4, 0.5) is 0 Å². The standard InChI is InChI=1S/C14H25N3O2S/c1-11-3-4-14(19)17(9-5-11)10-7-13(18)16(2)8-6-12(15)20/h11H,3-10H2,1-2H3,(H2,15,20). The molecule has 1 aliphatic rings. The second-order valence-electron chi connectivity index (χ2n) is 5.59. The lowest BCUT2D eigenvalue weighted by Gasteiger charge is -2.22. The lowest BCUT2D eigenvalue weighted by atomic mass is 10.0. The molecular formula is C14H25N3O2S. The van der Waals surface area contributed by atoms with E-state index in [1.54, 1.807) is 11.9 Å². The minimum Gasteiger partial charge on any atom is -0.393 e. The number of thiocarbonyl (C=S) groups is 1. The number of rotatable bonds is 6. The van der Waals surface area contributed by atoms with Gasteiger partial charge in [-0.05, 0) is 18.8 Å². The van der Waals surface area contributed by atoms with Gasteiger partial charge >= 0.3 is 0 Å². The molecule has 1 atom stereocenters. The van der Waals surface area contributed by atoms with E-state index in [2.05, 4.69) is 6.92 Å². The Morgan fingerprint density at radius 2 is 2.15 bits per heavy atom. The number of likely N-dealkylation sites (tertiary alicyclic amines) is 1. The van der Waals surface area contributed by atoms with Crippen LogP contribution in [0, 0.1) is 5.92 Å². The molecule has 0 spiro atoms. The number of amides is 2. The topological polar surface area (TPSA) is 66.6 Å². The molecule has 0 aromatic rings. The van der Waals surface area contributed by atoms with Gasteiger partial charge in [-0.15, -0.1) is 0 Å². The van der Waals surface area contributed by atoms with Crippen LogP contribution in [-0.2, 0) is 9.59 Å². The summed E-state index contributed by atoms with van der Waals surface area (Å²) in [6.45, 7) is 4.00. The van der Waals surface area contributed by atoms with Crippen molar-refractivity contribution in [1.82, 2.24) is 9.80 Å². The smallest absolute Gasteiger partial charge is 0.224 e. The van der Waals surface area contributed by atoms with Crippen LogP contribution in [0.3, 0.4) is 0 Å². The Balaban J connectivity index is 2.35. The predicted molar refractivity (Wildman–Crippen MR) is 83.3 cm³/mol. The van der Waals surface area contributed by atoms with E-state index in [9.17, 15) is 9.59 Å². The summed E-state index contributed by atoms with van der Waals surface area (Å²) in [6.07, 6.45) is 3.49. The van der Waals surface area contributed by atoms with Crippen molar-refractivity contribution < 1.29 is 9.59 Å². The van der Waals surface area contributed by atoms with Gasteiger partial charge in [0.05, 0.1) is 4.99 Å². The molecule has 1 aliphatic heterocycles. The summed E-state index contributed by atoms with van der Waals surface area (Å²) in [5.74, 6) is 0.798. The van der Waals surface area contributed by atoms with Crippen molar-refractivity contribution in [3.63, 3.8) is 0 Å². The van der Waals surface area contributed by atoms with E-state index in [0.717, 1.165) is 19.4 Å². The van der Waals surface area contributed by atoms with Crippen molar-refractivity contribution in [3.8, 4) is 0 Å². The minimum absolute atomic E-state index is 0.0337. The SMILES string of the molecule is CC1CCC(=O)N(CCC(=O)N(C)CCC(N)=S)CC1. The van der Waals surface area contributed by atoms with Gasteiger partial charge in [-0.3, -0.25) is 9.59 Å². The zero-order valence-corrected chi connectivity index (χ0v) is 13.2. The van der Waals surface area contributed by atoms with Crippen molar-refractivity contribution in [2.45, 2.75) is 39.0 Å². The van der Waals surface area contributed by atoms with Gasteiger partial charge in [-0.1, -0.05) is 19.1 Å². The van der Waals surface area contributed by atoms with Gasteiger partial charge in [-0.25, -0.2) is 0 Å². The maximum absolute atomic E-state index is 12.0. The third-order valence-corrected chi connectivity index (χ3v) is 4.01. The van der Waals surface area contributed by atoms with Gasteiger partial charge in [0.1, 0.15) is 0 Å². The largest absolute Gasteiger partial charge is 0.393 e. The zero-order chi connectivity index (χ0) is 15.1. The molecule has 0 radical (unpaired) electrons. The van der Waals surface area contributed by atoms with Gasteiger partial charge in [0, 0.05) is 45.9 Å². The third-order valence-electron chi connectivity index (χ3n) is 3.81. The van der Waals surface area contributed by atoms with E-state index in [1.807, 2.05) is 4.90 Å². The molecule has 0 aliphatic carbocycles. The molecule has 5 nitrogen and oxygen atoms in total. The Morgan fingerprint density at radius 3 is 2.80 bits per heavy atom. The molecule has 1 unspecified atom stereocenters. The van der Waals surface area contributed by atoms with E-state index in [0.29, 0.717) is 43.3 Å². The highest BCUT2D eigenvalue weighted by molar-refractivity contribution is 7.80. The number of hydrogen-bond donors (Lipinski definition) is 1. The lowest BCUT2D eigenvalue weighted by molar-refractivity contribution is -0.133. The monoisotopic (exact) mass is 299 g/mol. The van der Waals surface area contributed by atoms with Crippen LogP contribution in [0.1, 0.15) is 39.0 Å². The van der Waals surface area contributed by atoms with Crippen LogP contribution in [0.15, 0.2) is 0 Å². The summed E-state index contributed by atoms with van der Waals surface area (Å²) in [4.78, 5) is 27.8. The van der Waals surface area contributed by atoms with Crippen molar-refractivity contribution in [3.05, 3.63) is 0 Å². The van der Waals surface area contributed by atoms with Crippen molar-refractivity contribution in [2.24, 2.45) is 11.7 Å². The highest BCUT2D eigenvalue weighted by Crippen LogP contribution is 2.17. The molecule has 0 aromatic carbocycles. The number of carbonyl (C=O) groups excluding carboxylic acids is 2. The first-order valence-electron chi connectivity index (χ1n) is 7.20. The first-order chi connectivity index (χ1) is 9.40. The fraction of sp³-hybridized carbons (Fsp3) is 0.786. The van der Waals surface area contributed by atoms with Gasteiger partial charge in [-0.2, -0.15) is 0 Å². The highest BCUT2D eigenvalue weighted by Gasteiger charge is 2.21. The Kier molecular flexibility index (Phi) is 6.91. The van der Waals surface area contributed by atoms with Crippen LogP contribution >= 0.6 is 12.2 Å². The van der Waals surface area contributed by atoms with Gasteiger partial charge in [0.25, 0.3) is 0 Å². The molecule has 6 heteroatoms. The third kappa shape index (κ3) is 5.86. The predicted octanol–water partition coefficient (Wildman–Crippen LogP) is 1.16. The summed E-state index contributed by atoms with van der Waals surface area (Å²) < 4.78 is 0. The average molecular weight is 299 g/mol.